The van der Waals surface area contributed by atoms with Crippen molar-refractivity contribution in [3.05, 3.63) is 24.3 Å². The molecule has 0 radical (unpaired) electrons. The van der Waals surface area contributed by atoms with E-state index in [0.29, 0.717) is 23.2 Å². The molecule has 1 heterocycles. The molecule has 1 aromatic carbocycles. The number of aromatic nitrogens is 4. The highest BCUT2D eigenvalue weighted by atomic mass is 32.2. The van der Waals surface area contributed by atoms with Crippen LogP contribution in [-0.4, -0.2) is 51.2 Å². The van der Waals surface area contributed by atoms with Gasteiger partial charge in [0.15, 0.2) is 0 Å². The van der Waals surface area contributed by atoms with Crippen LogP contribution in [0.5, 0.6) is 5.75 Å². The van der Waals surface area contributed by atoms with E-state index in [4.69, 9.17) is 4.74 Å². The molecular formula is C14H17N5O4S. The number of imide groups is 1. The Morgan fingerprint density at radius 3 is 2.79 bits per heavy atom. The zero-order valence-electron chi connectivity index (χ0n) is 13.3. The highest BCUT2D eigenvalue weighted by Crippen LogP contribution is 2.25. The third kappa shape index (κ3) is 4.69. The molecule has 0 fully saturated rings. The van der Waals surface area contributed by atoms with Gasteiger partial charge < -0.3 is 9.47 Å². The Morgan fingerprint density at radius 2 is 2.04 bits per heavy atom. The van der Waals surface area contributed by atoms with Gasteiger partial charge in [0, 0.05) is 0 Å². The van der Waals surface area contributed by atoms with Gasteiger partial charge in [-0.1, -0.05) is 23.9 Å². The Bertz CT molecular complexity index is 706. The summed E-state index contributed by atoms with van der Waals surface area (Å²) in [6.07, 6.45) is -0.774. The molecule has 0 bridgehead atoms. The molecule has 2 aromatic rings. The molecule has 2 rings (SSSR count). The topological polar surface area (TPSA) is 108 Å². The molecule has 0 unspecified atom stereocenters. The number of amides is 2. The van der Waals surface area contributed by atoms with Gasteiger partial charge in [-0.2, -0.15) is 4.68 Å². The van der Waals surface area contributed by atoms with Gasteiger partial charge in [0.05, 0.1) is 19.0 Å². The van der Waals surface area contributed by atoms with Gasteiger partial charge in [0.2, 0.25) is 11.1 Å². The average molecular weight is 351 g/mol. The van der Waals surface area contributed by atoms with E-state index < -0.39 is 12.0 Å². The zero-order valence-corrected chi connectivity index (χ0v) is 14.1. The number of alkyl carbamates (subject to hydrolysis) is 1. The normalized spacial score (nSPS) is 10.2. The lowest BCUT2D eigenvalue weighted by Crippen LogP contribution is -2.32. The molecule has 1 aromatic heterocycles. The molecule has 1 N–H and O–H groups in total. The van der Waals surface area contributed by atoms with E-state index in [1.807, 2.05) is 31.2 Å². The van der Waals surface area contributed by atoms with Crippen molar-refractivity contribution >= 4 is 23.8 Å². The van der Waals surface area contributed by atoms with Gasteiger partial charge in [-0.3, -0.25) is 10.1 Å². The highest BCUT2D eigenvalue weighted by Gasteiger charge is 2.15. The number of benzene rings is 1. The highest BCUT2D eigenvalue weighted by molar-refractivity contribution is 7.99. The number of nitrogens with zero attached hydrogens (tertiary/aromatic N) is 4. The lowest BCUT2D eigenvalue weighted by Gasteiger charge is -2.10. The van der Waals surface area contributed by atoms with Crippen molar-refractivity contribution in [3.8, 4) is 11.4 Å². The quantitative estimate of drug-likeness (QED) is 0.746. The van der Waals surface area contributed by atoms with E-state index >= 15 is 0 Å². The molecule has 0 aliphatic carbocycles. The minimum absolute atomic E-state index is 0.0318. The first kappa shape index (κ1) is 17.7. The Balaban J connectivity index is 2.06. The zero-order chi connectivity index (χ0) is 17.4. The molecule has 0 aliphatic heterocycles. The van der Waals surface area contributed by atoms with Crippen LogP contribution in [0, 0.1) is 0 Å². The van der Waals surface area contributed by atoms with Crippen molar-refractivity contribution < 1.29 is 19.1 Å². The first-order valence-corrected chi connectivity index (χ1v) is 8.24. The minimum Gasteiger partial charge on any atom is -0.492 e. The van der Waals surface area contributed by atoms with Gasteiger partial charge in [0.1, 0.15) is 11.4 Å². The maximum absolute atomic E-state index is 11.7. The monoisotopic (exact) mass is 351 g/mol. The van der Waals surface area contributed by atoms with Crippen LogP contribution >= 0.6 is 11.8 Å². The molecule has 10 heteroatoms. The maximum Gasteiger partial charge on any atom is 0.413 e. The Morgan fingerprint density at radius 1 is 1.25 bits per heavy atom. The fourth-order valence-electron chi connectivity index (χ4n) is 1.78. The van der Waals surface area contributed by atoms with Gasteiger partial charge in [-0.15, -0.1) is 5.10 Å². The van der Waals surface area contributed by atoms with Crippen molar-refractivity contribution in [2.45, 2.75) is 19.0 Å². The number of para-hydroxylation sites is 2. The summed E-state index contributed by atoms with van der Waals surface area (Å²) < 4.78 is 11.7. The molecule has 0 atom stereocenters. The summed E-state index contributed by atoms with van der Waals surface area (Å²) in [4.78, 5) is 22.9. The number of hydrogen-bond acceptors (Lipinski definition) is 8. The van der Waals surface area contributed by atoms with Crippen LogP contribution in [0.2, 0.25) is 0 Å². The first-order valence-electron chi connectivity index (χ1n) is 7.25. The Hall–Kier alpha value is -2.62. The fourth-order valence-corrected chi connectivity index (χ4v) is 2.46. The largest absolute Gasteiger partial charge is 0.492 e. The van der Waals surface area contributed by atoms with Gasteiger partial charge in [-0.05, 0) is 36.4 Å². The number of tetrazole rings is 1. The van der Waals surface area contributed by atoms with Crippen molar-refractivity contribution in [1.29, 1.82) is 0 Å². The summed E-state index contributed by atoms with van der Waals surface area (Å²) in [7, 11) is 0. The molecule has 24 heavy (non-hydrogen) atoms. The number of rotatable bonds is 7. The average Bonchev–Trinajstić information content (AvgIpc) is 3.02. The van der Waals surface area contributed by atoms with Crippen LogP contribution in [0.3, 0.4) is 0 Å². The number of carbonyl (C=O) groups is 2. The SMILES string of the molecule is CCOC(=O)NC(=O)CSc1nnnn1-c1ccccc1OCC. The molecular weight excluding hydrogens is 334 g/mol. The lowest BCUT2D eigenvalue weighted by atomic mass is 10.3. The smallest absolute Gasteiger partial charge is 0.413 e. The van der Waals surface area contributed by atoms with Crippen LogP contribution in [0.1, 0.15) is 13.8 Å². The second kappa shape index (κ2) is 8.87. The van der Waals surface area contributed by atoms with E-state index in [0.717, 1.165) is 11.8 Å². The predicted molar refractivity (Wildman–Crippen MR) is 86.2 cm³/mol. The van der Waals surface area contributed by atoms with Crippen molar-refractivity contribution in [3.63, 3.8) is 0 Å². The molecule has 128 valence electrons. The van der Waals surface area contributed by atoms with Crippen LogP contribution in [0.15, 0.2) is 29.4 Å². The number of ether oxygens (including phenoxy) is 2. The van der Waals surface area contributed by atoms with E-state index in [2.05, 4.69) is 25.6 Å². The number of nitrogens with one attached hydrogen (secondary N) is 1. The predicted octanol–water partition coefficient (Wildman–Crippen LogP) is 1.43. The van der Waals surface area contributed by atoms with Gasteiger partial charge in [-0.25, -0.2) is 4.79 Å². The standard InChI is InChI=1S/C14H17N5O4S/c1-3-22-11-8-6-5-7-10(11)19-13(16-17-18-19)24-9-12(20)15-14(21)23-4-2/h5-8H,3-4,9H2,1-2H3,(H,15,20,21). The Kier molecular flexibility index (Phi) is 6.55. The molecule has 2 amide bonds. The third-order valence-electron chi connectivity index (χ3n) is 2.68. The maximum atomic E-state index is 11.7. The van der Waals surface area contributed by atoms with Crippen LogP contribution in [0.4, 0.5) is 4.79 Å². The summed E-state index contributed by atoms with van der Waals surface area (Å²) in [6.45, 7) is 4.23. The summed E-state index contributed by atoms with van der Waals surface area (Å²) in [5.41, 5.74) is 0.664. The lowest BCUT2D eigenvalue weighted by molar-refractivity contribution is -0.117. The second-order valence-electron chi connectivity index (χ2n) is 4.33. The van der Waals surface area contributed by atoms with Crippen LogP contribution in [0.25, 0.3) is 5.69 Å². The molecule has 0 aliphatic rings. The van der Waals surface area contributed by atoms with E-state index in [1.54, 1.807) is 6.92 Å². The van der Waals surface area contributed by atoms with Crippen molar-refractivity contribution in [1.82, 2.24) is 25.5 Å². The summed E-state index contributed by atoms with van der Waals surface area (Å²) in [5, 5.41) is 14.0. The summed E-state index contributed by atoms with van der Waals surface area (Å²) >= 11 is 1.09. The van der Waals surface area contributed by atoms with E-state index in [1.165, 1.54) is 4.68 Å². The van der Waals surface area contributed by atoms with Crippen LogP contribution in [-0.2, 0) is 9.53 Å². The van der Waals surface area contributed by atoms with Crippen LogP contribution < -0.4 is 10.1 Å². The third-order valence-corrected chi connectivity index (χ3v) is 3.60. The summed E-state index contributed by atoms with van der Waals surface area (Å²) in [6, 6.07) is 7.30. The second-order valence-corrected chi connectivity index (χ2v) is 5.27. The van der Waals surface area contributed by atoms with Gasteiger partial charge >= 0.3 is 6.09 Å². The molecule has 0 saturated carbocycles. The molecule has 0 spiro atoms. The molecule has 0 saturated heterocycles. The minimum atomic E-state index is -0.774. The van der Waals surface area contributed by atoms with Gasteiger partial charge in [0.25, 0.3) is 0 Å². The first-order chi connectivity index (χ1) is 11.7. The van der Waals surface area contributed by atoms with E-state index in [-0.39, 0.29) is 12.4 Å². The number of hydrogen-bond donors (Lipinski definition) is 1. The van der Waals surface area contributed by atoms with E-state index in [9.17, 15) is 9.59 Å². The van der Waals surface area contributed by atoms with Crippen molar-refractivity contribution in [2.24, 2.45) is 0 Å². The number of carbonyl (C=O) groups excluding carboxylic acids is 2. The fraction of sp³-hybridized carbons (Fsp3) is 0.357. The summed E-state index contributed by atoms with van der Waals surface area (Å²) in [5.74, 6) is 0.104. The molecule has 9 nitrogen and oxygen atoms in total. The Labute approximate surface area is 142 Å². The van der Waals surface area contributed by atoms with Crippen molar-refractivity contribution in [2.75, 3.05) is 19.0 Å². The number of thioether (sulfide) groups is 1.